The van der Waals surface area contributed by atoms with Crippen LogP contribution < -0.4 is 5.32 Å². The Morgan fingerprint density at radius 2 is 1.90 bits per heavy atom. The summed E-state index contributed by atoms with van der Waals surface area (Å²) < 4.78 is 0. The Morgan fingerprint density at radius 3 is 2.50 bits per heavy atom. The van der Waals surface area contributed by atoms with Gasteiger partial charge < -0.3 is 5.32 Å². The first kappa shape index (κ1) is 15.8. The number of hydrogen-bond donors (Lipinski definition) is 1. The molecule has 0 spiro atoms. The summed E-state index contributed by atoms with van der Waals surface area (Å²) in [7, 11) is 2.24. The smallest absolute Gasteiger partial charge is 0.0453 e. The summed E-state index contributed by atoms with van der Waals surface area (Å²) >= 11 is 6.33. The first-order chi connectivity index (χ1) is 9.63. The highest BCUT2D eigenvalue weighted by Gasteiger charge is 2.27. The van der Waals surface area contributed by atoms with E-state index >= 15 is 0 Å². The van der Waals surface area contributed by atoms with Gasteiger partial charge in [0.25, 0.3) is 0 Å². The zero-order valence-electron chi connectivity index (χ0n) is 12.9. The Hall–Kier alpha value is -0.570. The number of hydrogen-bond acceptors (Lipinski definition) is 2. The molecule has 1 atom stereocenters. The second-order valence-corrected chi connectivity index (χ2v) is 6.33. The van der Waals surface area contributed by atoms with Crippen molar-refractivity contribution in [3.63, 3.8) is 0 Å². The maximum Gasteiger partial charge on any atom is 0.0453 e. The van der Waals surface area contributed by atoms with E-state index < -0.39 is 0 Å². The molecule has 0 amide bonds. The lowest BCUT2D eigenvalue weighted by atomic mass is 9.89. The van der Waals surface area contributed by atoms with Crippen molar-refractivity contribution in [1.29, 1.82) is 0 Å². The van der Waals surface area contributed by atoms with Crippen molar-refractivity contribution in [1.82, 2.24) is 10.2 Å². The van der Waals surface area contributed by atoms with Gasteiger partial charge in [-0.15, -0.1) is 0 Å². The molecule has 1 N–H and O–H groups in total. The molecule has 20 heavy (non-hydrogen) atoms. The SMILES string of the molecule is CCNC1CCC(N(C)C(C)c2ccccc2Cl)CC1. The lowest BCUT2D eigenvalue weighted by molar-refractivity contribution is 0.135. The normalized spacial score (nSPS) is 24.9. The number of rotatable bonds is 5. The van der Waals surface area contributed by atoms with Crippen molar-refractivity contribution in [2.75, 3.05) is 13.6 Å². The van der Waals surface area contributed by atoms with Crippen molar-refractivity contribution in [2.45, 2.75) is 57.7 Å². The van der Waals surface area contributed by atoms with E-state index in [0.717, 1.165) is 17.6 Å². The minimum absolute atomic E-state index is 0.379. The second-order valence-electron chi connectivity index (χ2n) is 5.93. The number of benzene rings is 1. The third-order valence-corrected chi connectivity index (χ3v) is 5.08. The average molecular weight is 295 g/mol. The fourth-order valence-electron chi connectivity index (χ4n) is 3.33. The molecule has 0 radical (unpaired) electrons. The van der Waals surface area contributed by atoms with E-state index in [4.69, 9.17) is 11.6 Å². The summed E-state index contributed by atoms with van der Waals surface area (Å²) in [5.41, 5.74) is 1.24. The van der Waals surface area contributed by atoms with Crippen LogP contribution in [0.15, 0.2) is 24.3 Å². The summed E-state index contributed by atoms with van der Waals surface area (Å²) in [5.74, 6) is 0. The van der Waals surface area contributed by atoms with Gasteiger partial charge in [-0.05, 0) is 57.8 Å². The van der Waals surface area contributed by atoms with Crippen LogP contribution in [0.5, 0.6) is 0 Å². The van der Waals surface area contributed by atoms with E-state index in [9.17, 15) is 0 Å². The summed E-state index contributed by atoms with van der Waals surface area (Å²) in [6, 6.07) is 9.99. The molecule has 1 unspecified atom stereocenters. The molecule has 2 rings (SSSR count). The van der Waals surface area contributed by atoms with Gasteiger partial charge in [0.2, 0.25) is 0 Å². The summed E-state index contributed by atoms with van der Waals surface area (Å²) in [4.78, 5) is 2.50. The standard InChI is InChI=1S/C17H27ClN2/c1-4-19-14-9-11-15(12-10-14)20(3)13(2)16-7-5-6-8-17(16)18/h5-8,13-15,19H,4,9-12H2,1-3H3. The molecule has 3 heteroatoms. The van der Waals surface area contributed by atoms with Gasteiger partial charge in [0.05, 0.1) is 0 Å². The fraction of sp³-hybridized carbons (Fsp3) is 0.647. The topological polar surface area (TPSA) is 15.3 Å². The summed E-state index contributed by atoms with van der Waals surface area (Å²) in [6.45, 7) is 5.54. The lowest BCUT2D eigenvalue weighted by Gasteiger charge is -2.38. The molecule has 1 fully saturated rings. The molecular weight excluding hydrogens is 268 g/mol. The Balaban J connectivity index is 1.95. The Bertz CT molecular complexity index is 413. The third kappa shape index (κ3) is 3.75. The van der Waals surface area contributed by atoms with Gasteiger partial charge in [-0.3, -0.25) is 4.90 Å². The summed E-state index contributed by atoms with van der Waals surface area (Å²) in [5, 5.41) is 4.46. The first-order valence-corrected chi connectivity index (χ1v) is 8.21. The van der Waals surface area contributed by atoms with Crippen LogP contribution in [0.1, 0.15) is 51.1 Å². The number of nitrogens with zero attached hydrogens (tertiary/aromatic N) is 1. The van der Waals surface area contributed by atoms with E-state index in [0.29, 0.717) is 12.1 Å². The van der Waals surface area contributed by atoms with Crippen LogP contribution in [0.3, 0.4) is 0 Å². The second kappa shape index (κ2) is 7.44. The maximum absolute atomic E-state index is 6.33. The Morgan fingerprint density at radius 1 is 1.25 bits per heavy atom. The van der Waals surface area contributed by atoms with Crippen molar-refractivity contribution >= 4 is 11.6 Å². The minimum atomic E-state index is 0.379. The zero-order valence-corrected chi connectivity index (χ0v) is 13.7. The first-order valence-electron chi connectivity index (χ1n) is 7.83. The van der Waals surface area contributed by atoms with Gasteiger partial charge in [0, 0.05) is 23.1 Å². The molecule has 0 aliphatic heterocycles. The molecule has 1 aromatic rings. The van der Waals surface area contributed by atoms with Gasteiger partial charge in [-0.25, -0.2) is 0 Å². The predicted octanol–water partition coefficient (Wildman–Crippen LogP) is 4.25. The third-order valence-electron chi connectivity index (χ3n) is 4.73. The summed E-state index contributed by atoms with van der Waals surface area (Å²) in [6.07, 6.45) is 5.14. The number of halogens is 1. The molecule has 1 aliphatic rings. The van der Waals surface area contributed by atoms with E-state index in [2.05, 4.69) is 43.2 Å². The van der Waals surface area contributed by atoms with E-state index in [1.54, 1.807) is 0 Å². The molecule has 0 heterocycles. The molecule has 1 aromatic carbocycles. The van der Waals surface area contributed by atoms with Crippen LogP contribution in [0, 0.1) is 0 Å². The molecular formula is C17H27ClN2. The highest BCUT2D eigenvalue weighted by molar-refractivity contribution is 6.31. The van der Waals surface area contributed by atoms with E-state index in [1.807, 2.05) is 12.1 Å². The van der Waals surface area contributed by atoms with Crippen LogP contribution in [-0.4, -0.2) is 30.6 Å². The molecule has 1 saturated carbocycles. The molecule has 0 bridgehead atoms. The van der Waals surface area contributed by atoms with Gasteiger partial charge in [-0.1, -0.05) is 36.7 Å². The lowest BCUT2D eigenvalue weighted by Crippen LogP contribution is -2.41. The predicted molar refractivity (Wildman–Crippen MR) is 87.4 cm³/mol. The average Bonchev–Trinajstić information content (AvgIpc) is 2.47. The highest BCUT2D eigenvalue weighted by Crippen LogP contribution is 2.31. The van der Waals surface area contributed by atoms with E-state index in [-0.39, 0.29) is 0 Å². The number of nitrogens with one attached hydrogen (secondary N) is 1. The molecule has 0 saturated heterocycles. The van der Waals surface area contributed by atoms with Gasteiger partial charge in [-0.2, -0.15) is 0 Å². The Kier molecular flexibility index (Phi) is 5.88. The van der Waals surface area contributed by atoms with Crippen LogP contribution in [0.2, 0.25) is 5.02 Å². The van der Waals surface area contributed by atoms with Crippen LogP contribution in [0.4, 0.5) is 0 Å². The van der Waals surface area contributed by atoms with Crippen LogP contribution in [-0.2, 0) is 0 Å². The van der Waals surface area contributed by atoms with E-state index in [1.165, 1.54) is 31.2 Å². The van der Waals surface area contributed by atoms with Crippen LogP contribution in [0.25, 0.3) is 0 Å². The van der Waals surface area contributed by atoms with Gasteiger partial charge in [0.15, 0.2) is 0 Å². The Labute approximate surface area is 128 Å². The monoisotopic (exact) mass is 294 g/mol. The molecule has 1 aliphatic carbocycles. The zero-order chi connectivity index (χ0) is 14.5. The fourth-order valence-corrected chi connectivity index (χ4v) is 3.62. The molecule has 0 aromatic heterocycles. The quantitative estimate of drug-likeness (QED) is 0.873. The largest absolute Gasteiger partial charge is 0.314 e. The van der Waals surface area contributed by atoms with Crippen LogP contribution >= 0.6 is 11.6 Å². The van der Waals surface area contributed by atoms with Crippen molar-refractivity contribution in [3.8, 4) is 0 Å². The van der Waals surface area contributed by atoms with Gasteiger partial charge >= 0.3 is 0 Å². The van der Waals surface area contributed by atoms with Crippen molar-refractivity contribution in [2.24, 2.45) is 0 Å². The maximum atomic E-state index is 6.33. The minimum Gasteiger partial charge on any atom is -0.314 e. The van der Waals surface area contributed by atoms with Gasteiger partial charge in [0.1, 0.15) is 0 Å². The molecule has 112 valence electrons. The highest BCUT2D eigenvalue weighted by atomic mass is 35.5. The molecule has 2 nitrogen and oxygen atoms in total. The van der Waals surface area contributed by atoms with Crippen molar-refractivity contribution < 1.29 is 0 Å². The van der Waals surface area contributed by atoms with Crippen molar-refractivity contribution in [3.05, 3.63) is 34.9 Å².